The van der Waals surface area contributed by atoms with E-state index in [4.69, 9.17) is 4.74 Å². The van der Waals surface area contributed by atoms with Gasteiger partial charge in [-0.3, -0.25) is 0 Å². The summed E-state index contributed by atoms with van der Waals surface area (Å²) in [5.74, 6) is 0.224. The standard InChI is InChI=1S/C15H16FNO2/c1-10-3-5-13(12(16)7-10)17-9-11-4-6-14(18)15(8-11)19-2/h3-8,17-18H,9H2,1-2H3. The third-order valence-electron chi connectivity index (χ3n) is 2.85. The fraction of sp³-hybridized carbons (Fsp3) is 0.200. The van der Waals surface area contributed by atoms with Crippen molar-refractivity contribution in [3.63, 3.8) is 0 Å². The molecule has 0 spiro atoms. The van der Waals surface area contributed by atoms with Crippen molar-refractivity contribution >= 4 is 5.69 Å². The quantitative estimate of drug-likeness (QED) is 0.885. The normalized spacial score (nSPS) is 10.3. The lowest BCUT2D eigenvalue weighted by Crippen LogP contribution is -2.02. The molecule has 4 heteroatoms. The highest BCUT2D eigenvalue weighted by Gasteiger charge is 2.04. The molecule has 0 fully saturated rings. The van der Waals surface area contributed by atoms with Gasteiger partial charge in [0.25, 0.3) is 0 Å². The average Bonchev–Trinajstić information content (AvgIpc) is 2.39. The highest BCUT2D eigenvalue weighted by atomic mass is 19.1. The van der Waals surface area contributed by atoms with Gasteiger partial charge in [-0.05, 0) is 42.3 Å². The lowest BCUT2D eigenvalue weighted by Gasteiger charge is -2.10. The third-order valence-corrected chi connectivity index (χ3v) is 2.85. The van der Waals surface area contributed by atoms with E-state index >= 15 is 0 Å². The molecule has 2 aromatic rings. The van der Waals surface area contributed by atoms with Gasteiger partial charge >= 0.3 is 0 Å². The molecular weight excluding hydrogens is 245 g/mol. The predicted molar refractivity (Wildman–Crippen MR) is 73.1 cm³/mol. The fourth-order valence-electron chi connectivity index (χ4n) is 1.79. The van der Waals surface area contributed by atoms with Crippen molar-refractivity contribution < 1.29 is 14.2 Å². The molecule has 0 radical (unpaired) electrons. The molecule has 0 aliphatic rings. The van der Waals surface area contributed by atoms with Crippen LogP contribution in [0.4, 0.5) is 10.1 Å². The van der Waals surface area contributed by atoms with Crippen LogP contribution in [0.1, 0.15) is 11.1 Å². The Hall–Kier alpha value is -2.23. The number of benzene rings is 2. The Morgan fingerprint density at radius 2 is 2.00 bits per heavy atom. The molecule has 0 unspecified atom stereocenters. The predicted octanol–water partition coefficient (Wildman–Crippen LogP) is 3.46. The van der Waals surface area contributed by atoms with Gasteiger partial charge in [0.05, 0.1) is 12.8 Å². The van der Waals surface area contributed by atoms with Gasteiger partial charge in [-0.25, -0.2) is 4.39 Å². The van der Waals surface area contributed by atoms with Gasteiger partial charge in [0.1, 0.15) is 5.82 Å². The smallest absolute Gasteiger partial charge is 0.160 e. The minimum Gasteiger partial charge on any atom is -0.504 e. The molecule has 0 bridgehead atoms. The van der Waals surface area contributed by atoms with E-state index in [2.05, 4.69) is 5.32 Å². The van der Waals surface area contributed by atoms with Gasteiger partial charge < -0.3 is 15.2 Å². The van der Waals surface area contributed by atoms with Gasteiger partial charge in [-0.15, -0.1) is 0 Å². The first-order chi connectivity index (χ1) is 9.10. The molecule has 0 heterocycles. The van der Waals surface area contributed by atoms with Crippen LogP contribution in [0, 0.1) is 12.7 Å². The second-order valence-electron chi connectivity index (χ2n) is 4.34. The van der Waals surface area contributed by atoms with Gasteiger partial charge in [-0.2, -0.15) is 0 Å². The molecule has 100 valence electrons. The number of ether oxygens (including phenoxy) is 1. The summed E-state index contributed by atoms with van der Waals surface area (Å²) in [4.78, 5) is 0. The minimum absolute atomic E-state index is 0.0905. The number of aryl methyl sites for hydroxylation is 1. The maximum absolute atomic E-state index is 13.6. The number of phenolic OH excluding ortho intramolecular Hbond substituents is 1. The van der Waals surface area contributed by atoms with Crippen molar-refractivity contribution in [3.05, 3.63) is 53.3 Å². The molecule has 0 saturated carbocycles. The second kappa shape index (κ2) is 5.61. The molecule has 0 aliphatic heterocycles. The molecule has 2 aromatic carbocycles. The van der Waals surface area contributed by atoms with Gasteiger partial charge in [0, 0.05) is 6.54 Å². The molecule has 3 nitrogen and oxygen atoms in total. The summed E-state index contributed by atoms with van der Waals surface area (Å²) >= 11 is 0. The Kier molecular flexibility index (Phi) is 3.90. The molecule has 19 heavy (non-hydrogen) atoms. The summed E-state index contributed by atoms with van der Waals surface area (Å²) in [5.41, 5.74) is 2.24. The maximum Gasteiger partial charge on any atom is 0.160 e. The van der Waals surface area contributed by atoms with Crippen LogP contribution in [0.5, 0.6) is 11.5 Å². The zero-order chi connectivity index (χ0) is 13.8. The van der Waals surface area contributed by atoms with Crippen LogP contribution < -0.4 is 10.1 Å². The van der Waals surface area contributed by atoms with Crippen molar-refractivity contribution in [2.75, 3.05) is 12.4 Å². The van der Waals surface area contributed by atoms with Crippen LogP contribution in [-0.2, 0) is 6.54 Å². The first-order valence-corrected chi connectivity index (χ1v) is 5.96. The zero-order valence-corrected chi connectivity index (χ0v) is 10.9. The Morgan fingerprint density at radius 1 is 1.21 bits per heavy atom. The maximum atomic E-state index is 13.6. The van der Waals surface area contributed by atoms with E-state index in [1.54, 1.807) is 24.3 Å². The Morgan fingerprint density at radius 3 is 2.68 bits per heavy atom. The number of anilines is 1. The minimum atomic E-state index is -0.272. The SMILES string of the molecule is COc1cc(CNc2ccc(C)cc2F)ccc1O. The van der Waals surface area contributed by atoms with Crippen molar-refractivity contribution in [2.24, 2.45) is 0 Å². The molecule has 2 rings (SSSR count). The van der Waals surface area contributed by atoms with Crippen molar-refractivity contribution in [1.29, 1.82) is 0 Å². The van der Waals surface area contributed by atoms with Crippen LogP contribution in [0.15, 0.2) is 36.4 Å². The summed E-state index contributed by atoms with van der Waals surface area (Å²) in [6, 6.07) is 10.1. The number of hydrogen-bond acceptors (Lipinski definition) is 3. The Balaban J connectivity index is 2.10. The molecular formula is C15H16FNO2. The van der Waals surface area contributed by atoms with Crippen LogP contribution in [0.2, 0.25) is 0 Å². The summed E-state index contributed by atoms with van der Waals surface area (Å²) < 4.78 is 18.7. The third kappa shape index (κ3) is 3.16. The van der Waals surface area contributed by atoms with Crippen molar-refractivity contribution in [3.8, 4) is 11.5 Å². The van der Waals surface area contributed by atoms with Crippen molar-refractivity contribution in [1.82, 2.24) is 0 Å². The second-order valence-corrected chi connectivity index (χ2v) is 4.34. The molecule has 0 saturated heterocycles. The Labute approximate surface area is 111 Å². The van der Waals surface area contributed by atoms with E-state index in [0.717, 1.165) is 11.1 Å². The fourth-order valence-corrected chi connectivity index (χ4v) is 1.79. The largest absolute Gasteiger partial charge is 0.504 e. The summed E-state index contributed by atoms with van der Waals surface area (Å²) in [6.45, 7) is 2.30. The average molecular weight is 261 g/mol. The lowest BCUT2D eigenvalue weighted by atomic mass is 10.2. The van der Waals surface area contributed by atoms with E-state index in [-0.39, 0.29) is 11.6 Å². The summed E-state index contributed by atoms with van der Waals surface area (Å²) in [7, 11) is 1.49. The number of rotatable bonds is 4. The number of aromatic hydroxyl groups is 1. The van der Waals surface area contributed by atoms with Gasteiger partial charge in [0.2, 0.25) is 0 Å². The summed E-state index contributed by atoms with van der Waals surface area (Å²) in [5, 5.41) is 12.5. The van der Waals surface area contributed by atoms with Crippen LogP contribution in [0.3, 0.4) is 0 Å². The topological polar surface area (TPSA) is 41.5 Å². The Bertz CT molecular complexity index is 584. The van der Waals surface area contributed by atoms with Gasteiger partial charge in [-0.1, -0.05) is 12.1 Å². The number of halogens is 1. The molecule has 0 amide bonds. The highest BCUT2D eigenvalue weighted by Crippen LogP contribution is 2.26. The molecule has 0 aromatic heterocycles. The number of hydrogen-bond donors (Lipinski definition) is 2. The summed E-state index contributed by atoms with van der Waals surface area (Å²) in [6.07, 6.45) is 0. The van der Waals surface area contributed by atoms with Crippen LogP contribution >= 0.6 is 0 Å². The number of nitrogens with one attached hydrogen (secondary N) is 1. The van der Waals surface area contributed by atoms with Crippen LogP contribution in [-0.4, -0.2) is 12.2 Å². The zero-order valence-electron chi connectivity index (χ0n) is 10.9. The monoisotopic (exact) mass is 261 g/mol. The first kappa shape index (κ1) is 13.2. The molecule has 0 atom stereocenters. The van der Waals surface area contributed by atoms with E-state index in [1.807, 2.05) is 13.0 Å². The van der Waals surface area contributed by atoms with Crippen molar-refractivity contribution in [2.45, 2.75) is 13.5 Å². The first-order valence-electron chi connectivity index (χ1n) is 5.96. The van der Waals surface area contributed by atoms with E-state index in [9.17, 15) is 9.50 Å². The number of phenols is 1. The van der Waals surface area contributed by atoms with E-state index in [1.165, 1.54) is 13.2 Å². The lowest BCUT2D eigenvalue weighted by molar-refractivity contribution is 0.373. The van der Waals surface area contributed by atoms with E-state index in [0.29, 0.717) is 18.0 Å². The van der Waals surface area contributed by atoms with Crippen LogP contribution in [0.25, 0.3) is 0 Å². The molecule has 0 aliphatic carbocycles. The number of methoxy groups -OCH3 is 1. The molecule has 2 N–H and O–H groups in total. The highest BCUT2D eigenvalue weighted by molar-refractivity contribution is 5.48. The van der Waals surface area contributed by atoms with Gasteiger partial charge in [0.15, 0.2) is 11.5 Å². The van der Waals surface area contributed by atoms with E-state index < -0.39 is 0 Å².